The molecule has 5 nitrogen and oxygen atoms in total. The van der Waals surface area contributed by atoms with Crippen LogP contribution in [0, 0.1) is 20.8 Å². The Labute approximate surface area is 156 Å². The van der Waals surface area contributed by atoms with E-state index < -0.39 is 0 Å². The predicted octanol–water partition coefficient (Wildman–Crippen LogP) is 4.45. The minimum absolute atomic E-state index is 0.0126. The molecule has 0 atom stereocenters. The molecular weight excluding hydrogens is 358 g/mol. The molecule has 2 aromatic rings. The lowest BCUT2D eigenvalue weighted by Gasteiger charge is -2.27. The van der Waals surface area contributed by atoms with Crippen molar-refractivity contribution in [1.82, 2.24) is 10.1 Å². The zero-order chi connectivity index (χ0) is 18.0. The van der Waals surface area contributed by atoms with Crippen LogP contribution in [0.2, 0.25) is 5.02 Å². The Morgan fingerprint density at radius 1 is 1.40 bits per heavy atom. The highest BCUT2D eigenvalue weighted by atomic mass is 35.5. The van der Waals surface area contributed by atoms with Gasteiger partial charge in [0.15, 0.2) is 5.17 Å². The largest absolute Gasteiger partial charge is 0.361 e. The number of benzene rings is 1. The lowest BCUT2D eigenvalue weighted by molar-refractivity contribution is -0.126. The summed E-state index contributed by atoms with van der Waals surface area (Å²) in [6, 6.07) is 5.68. The average Bonchev–Trinajstić information content (AvgIpc) is 2.90. The van der Waals surface area contributed by atoms with Crippen molar-refractivity contribution in [2.75, 3.05) is 12.3 Å². The van der Waals surface area contributed by atoms with Gasteiger partial charge in [0.1, 0.15) is 5.76 Å². The second-order valence-corrected chi connectivity index (χ2v) is 7.52. The summed E-state index contributed by atoms with van der Waals surface area (Å²) in [5.74, 6) is 1.66. The van der Waals surface area contributed by atoms with Crippen molar-refractivity contribution in [2.45, 2.75) is 33.6 Å². The standard InChI is InChI=1S/C18H20ClN3O2S/c1-11-5-6-14(9-16(11)19)20-18-22(7-4-8-25-18)17(23)10-15-12(2)21-24-13(15)3/h5-6,9H,4,7-8,10H2,1-3H3. The van der Waals surface area contributed by atoms with Crippen molar-refractivity contribution in [3.63, 3.8) is 0 Å². The van der Waals surface area contributed by atoms with Crippen LogP contribution < -0.4 is 0 Å². The summed E-state index contributed by atoms with van der Waals surface area (Å²) in [4.78, 5) is 19.2. The minimum Gasteiger partial charge on any atom is -0.361 e. The number of aromatic nitrogens is 1. The normalized spacial score (nSPS) is 16.5. The van der Waals surface area contributed by atoms with Crippen LogP contribution in [0.25, 0.3) is 0 Å². The Hall–Kier alpha value is -1.79. The van der Waals surface area contributed by atoms with E-state index in [1.807, 2.05) is 39.0 Å². The first-order chi connectivity index (χ1) is 12.0. The molecule has 1 fully saturated rings. The molecule has 0 bridgehead atoms. The fourth-order valence-corrected chi connectivity index (χ4v) is 3.80. The van der Waals surface area contributed by atoms with Crippen molar-refractivity contribution < 1.29 is 9.32 Å². The Morgan fingerprint density at radius 2 is 2.20 bits per heavy atom. The van der Waals surface area contributed by atoms with Crippen LogP contribution in [-0.4, -0.2) is 33.4 Å². The SMILES string of the molecule is Cc1ccc(N=C2SCCCN2C(=O)Cc2c(C)noc2C)cc1Cl. The number of amides is 1. The molecule has 132 valence electrons. The fraction of sp³-hybridized carbons (Fsp3) is 0.389. The fourth-order valence-electron chi connectivity index (χ4n) is 2.65. The molecule has 0 aliphatic carbocycles. The van der Waals surface area contributed by atoms with E-state index in [0.29, 0.717) is 17.3 Å². The van der Waals surface area contributed by atoms with Gasteiger partial charge in [0.25, 0.3) is 0 Å². The number of halogens is 1. The summed E-state index contributed by atoms with van der Waals surface area (Å²) in [6.45, 7) is 6.31. The highest BCUT2D eigenvalue weighted by molar-refractivity contribution is 8.13. The minimum atomic E-state index is 0.0126. The van der Waals surface area contributed by atoms with E-state index >= 15 is 0 Å². The van der Waals surface area contributed by atoms with Crippen molar-refractivity contribution in [1.29, 1.82) is 0 Å². The Balaban J connectivity index is 1.84. The number of hydrogen-bond donors (Lipinski definition) is 0. The molecule has 1 amide bonds. The molecule has 3 rings (SSSR count). The van der Waals surface area contributed by atoms with Gasteiger partial charge in [0, 0.05) is 22.9 Å². The number of amidine groups is 1. The average molecular weight is 378 g/mol. The van der Waals surface area contributed by atoms with Crippen LogP contribution >= 0.6 is 23.4 Å². The summed E-state index contributed by atoms with van der Waals surface area (Å²) in [6.07, 6.45) is 1.22. The maximum Gasteiger partial charge on any atom is 0.233 e. The van der Waals surface area contributed by atoms with Gasteiger partial charge < -0.3 is 4.52 Å². The molecule has 1 aromatic heterocycles. The summed E-state index contributed by atoms with van der Waals surface area (Å²) in [7, 11) is 0. The molecule has 1 aliphatic rings. The zero-order valence-electron chi connectivity index (χ0n) is 14.5. The summed E-state index contributed by atoms with van der Waals surface area (Å²) in [5.41, 5.74) is 3.39. The Morgan fingerprint density at radius 3 is 2.88 bits per heavy atom. The maximum atomic E-state index is 12.8. The molecule has 0 spiro atoms. The van der Waals surface area contributed by atoms with Gasteiger partial charge in [-0.15, -0.1) is 0 Å². The van der Waals surface area contributed by atoms with E-state index in [1.165, 1.54) is 0 Å². The van der Waals surface area contributed by atoms with Crippen LogP contribution in [0.1, 0.15) is 29.0 Å². The predicted molar refractivity (Wildman–Crippen MR) is 102 cm³/mol. The molecule has 0 unspecified atom stereocenters. The molecule has 0 radical (unpaired) electrons. The van der Waals surface area contributed by atoms with Gasteiger partial charge in [-0.1, -0.05) is 34.6 Å². The van der Waals surface area contributed by atoms with Crippen molar-refractivity contribution in [3.8, 4) is 0 Å². The maximum absolute atomic E-state index is 12.8. The van der Waals surface area contributed by atoms with E-state index in [0.717, 1.165) is 39.8 Å². The van der Waals surface area contributed by atoms with Crippen LogP contribution in [0.5, 0.6) is 0 Å². The van der Waals surface area contributed by atoms with Gasteiger partial charge in [-0.25, -0.2) is 4.99 Å². The van der Waals surface area contributed by atoms with Crippen LogP contribution in [0.3, 0.4) is 0 Å². The number of aryl methyl sites for hydroxylation is 3. The quantitative estimate of drug-likeness (QED) is 0.792. The zero-order valence-corrected chi connectivity index (χ0v) is 16.1. The van der Waals surface area contributed by atoms with Crippen LogP contribution in [-0.2, 0) is 11.2 Å². The summed E-state index contributed by atoms with van der Waals surface area (Å²) < 4.78 is 5.16. The Bertz CT molecular complexity index is 812. The van der Waals surface area contributed by atoms with Crippen molar-refractivity contribution >= 4 is 40.1 Å². The molecule has 25 heavy (non-hydrogen) atoms. The Kier molecular flexibility index (Phi) is 5.49. The highest BCUT2D eigenvalue weighted by Crippen LogP contribution is 2.27. The van der Waals surface area contributed by atoms with E-state index in [4.69, 9.17) is 16.1 Å². The van der Waals surface area contributed by atoms with Crippen molar-refractivity contribution in [3.05, 3.63) is 45.8 Å². The number of rotatable bonds is 3. The third-order valence-electron chi connectivity index (χ3n) is 4.18. The molecule has 0 saturated carbocycles. The number of nitrogens with zero attached hydrogens (tertiary/aromatic N) is 3. The van der Waals surface area contributed by atoms with Crippen LogP contribution in [0.15, 0.2) is 27.7 Å². The summed E-state index contributed by atoms with van der Waals surface area (Å²) >= 11 is 7.78. The number of carbonyl (C=O) groups is 1. The topological polar surface area (TPSA) is 58.7 Å². The monoisotopic (exact) mass is 377 g/mol. The number of thioether (sulfide) groups is 1. The second-order valence-electron chi connectivity index (χ2n) is 6.05. The first-order valence-electron chi connectivity index (χ1n) is 8.15. The van der Waals surface area contributed by atoms with Gasteiger partial charge in [-0.3, -0.25) is 9.69 Å². The van der Waals surface area contributed by atoms with Gasteiger partial charge in [0.2, 0.25) is 5.91 Å². The molecular formula is C18H20ClN3O2S. The smallest absolute Gasteiger partial charge is 0.233 e. The van der Waals surface area contributed by atoms with E-state index in [-0.39, 0.29) is 12.3 Å². The highest BCUT2D eigenvalue weighted by Gasteiger charge is 2.25. The summed E-state index contributed by atoms with van der Waals surface area (Å²) in [5, 5.41) is 5.33. The van der Waals surface area contributed by atoms with E-state index in [1.54, 1.807) is 16.7 Å². The first-order valence-corrected chi connectivity index (χ1v) is 9.52. The molecule has 0 N–H and O–H groups in total. The number of aliphatic imine (C=N–C) groups is 1. The first kappa shape index (κ1) is 18.0. The molecule has 1 aliphatic heterocycles. The number of hydrogen-bond acceptors (Lipinski definition) is 5. The number of carbonyl (C=O) groups excluding carboxylic acids is 1. The molecule has 7 heteroatoms. The van der Waals surface area contributed by atoms with E-state index in [9.17, 15) is 4.79 Å². The van der Waals surface area contributed by atoms with Gasteiger partial charge in [-0.05, 0) is 44.9 Å². The lowest BCUT2D eigenvalue weighted by Crippen LogP contribution is -2.40. The second kappa shape index (κ2) is 7.62. The molecule has 1 saturated heterocycles. The van der Waals surface area contributed by atoms with Crippen molar-refractivity contribution in [2.24, 2.45) is 4.99 Å². The third kappa shape index (κ3) is 4.07. The molecule has 1 aromatic carbocycles. The molecule has 2 heterocycles. The van der Waals surface area contributed by atoms with Gasteiger partial charge in [-0.2, -0.15) is 0 Å². The van der Waals surface area contributed by atoms with Gasteiger partial charge >= 0.3 is 0 Å². The van der Waals surface area contributed by atoms with Gasteiger partial charge in [0.05, 0.1) is 17.8 Å². The van der Waals surface area contributed by atoms with Crippen LogP contribution in [0.4, 0.5) is 5.69 Å². The third-order valence-corrected chi connectivity index (χ3v) is 5.65. The van der Waals surface area contributed by atoms with E-state index in [2.05, 4.69) is 10.1 Å². The lowest BCUT2D eigenvalue weighted by atomic mass is 10.1.